The van der Waals surface area contributed by atoms with Gasteiger partial charge in [-0.25, -0.2) is 9.78 Å². The van der Waals surface area contributed by atoms with E-state index in [1.165, 1.54) is 19.2 Å². The van der Waals surface area contributed by atoms with Crippen molar-refractivity contribution in [3.8, 4) is 11.5 Å². The first-order chi connectivity index (χ1) is 11.5. The Balaban J connectivity index is 2.13. The first-order valence-corrected chi connectivity index (χ1v) is 7.21. The number of rotatable bonds is 7. The fraction of sp³-hybridized carbons (Fsp3) is 0.235. The summed E-state index contributed by atoms with van der Waals surface area (Å²) in [7, 11) is 1.27. The molecule has 0 radical (unpaired) electrons. The van der Waals surface area contributed by atoms with Gasteiger partial charge in [0.05, 0.1) is 12.8 Å². The number of methoxy groups -OCH3 is 1. The van der Waals surface area contributed by atoms with Crippen LogP contribution in [-0.2, 0) is 22.6 Å². The molecule has 1 heterocycles. The predicted molar refractivity (Wildman–Crippen MR) is 84.0 cm³/mol. The van der Waals surface area contributed by atoms with E-state index in [9.17, 15) is 14.7 Å². The van der Waals surface area contributed by atoms with Crippen molar-refractivity contribution < 1.29 is 29.3 Å². The second-order valence-corrected chi connectivity index (χ2v) is 4.94. The van der Waals surface area contributed by atoms with Crippen LogP contribution in [0, 0.1) is 0 Å². The van der Waals surface area contributed by atoms with Crippen LogP contribution in [0.15, 0.2) is 36.4 Å². The van der Waals surface area contributed by atoms with E-state index >= 15 is 0 Å². The van der Waals surface area contributed by atoms with Crippen molar-refractivity contribution in [2.45, 2.75) is 19.4 Å². The summed E-state index contributed by atoms with van der Waals surface area (Å²) in [6.45, 7) is 0.0638. The normalized spacial score (nSPS) is 10.2. The number of carboxylic acid groups (broad SMARTS) is 1. The highest BCUT2D eigenvalue weighted by molar-refractivity contribution is 5.87. The van der Waals surface area contributed by atoms with Crippen LogP contribution in [0.3, 0.4) is 0 Å². The van der Waals surface area contributed by atoms with E-state index in [4.69, 9.17) is 9.84 Å². The van der Waals surface area contributed by atoms with Gasteiger partial charge in [0.25, 0.3) is 0 Å². The van der Waals surface area contributed by atoms with Crippen molar-refractivity contribution >= 4 is 11.9 Å². The quantitative estimate of drug-likeness (QED) is 0.749. The van der Waals surface area contributed by atoms with Gasteiger partial charge < -0.3 is 19.7 Å². The van der Waals surface area contributed by atoms with Crippen LogP contribution in [0.5, 0.6) is 11.5 Å². The minimum absolute atomic E-state index is 0.0231. The fourth-order valence-corrected chi connectivity index (χ4v) is 2.10. The molecule has 0 unspecified atom stereocenters. The molecule has 1 aromatic heterocycles. The summed E-state index contributed by atoms with van der Waals surface area (Å²) in [5.41, 5.74) is 1.09. The summed E-state index contributed by atoms with van der Waals surface area (Å²) in [5.74, 6) is -1.15. The minimum atomic E-state index is -0.961. The number of hydrogen-bond acceptors (Lipinski definition) is 6. The number of benzene rings is 1. The number of esters is 1. The molecule has 0 atom stereocenters. The van der Waals surface area contributed by atoms with Crippen molar-refractivity contribution in [3.63, 3.8) is 0 Å². The average molecular weight is 331 g/mol. The lowest BCUT2D eigenvalue weighted by atomic mass is 10.1. The molecule has 0 spiro atoms. The van der Waals surface area contributed by atoms with Gasteiger partial charge in [0.1, 0.15) is 23.8 Å². The number of aliphatic carboxylic acids is 1. The number of nitrogens with zero attached hydrogens (tertiary/aromatic N) is 1. The Morgan fingerprint density at radius 1 is 1.17 bits per heavy atom. The molecule has 0 amide bonds. The third-order valence-electron chi connectivity index (χ3n) is 3.27. The summed E-state index contributed by atoms with van der Waals surface area (Å²) in [4.78, 5) is 26.3. The van der Waals surface area contributed by atoms with E-state index in [1.54, 1.807) is 24.3 Å². The fourth-order valence-electron chi connectivity index (χ4n) is 2.10. The van der Waals surface area contributed by atoms with Crippen LogP contribution in [0.25, 0.3) is 0 Å². The second-order valence-electron chi connectivity index (χ2n) is 4.94. The number of hydrogen-bond donors (Lipinski definition) is 2. The molecule has 2 rings (SSSR count). The number of pyridine rings is 1. The maximum atomic E-state index is 11.5. The number of ether oxygens (including phenoxy) is 2. The monoisotopic (exact) mass is 331 g/mol. The van der Waals surface area contributed by atoms with Crippen molar-refractivity contribution in [1.82, 2.24) is 4.98 Å². The van der Waals surface area contributed by atoms with E-state index in [2.05, 4.69) is 9.72 Å². The zero-order valence-electron chi connectivity index (χ0n) is 13.1. The standard InChI is InChI=1S/C17H17NO6/c1-23-17(22)13-5-2-4-11(18-13)10-24-15-7-3-6-14(19)12(15)8-9-16(20)21/h2-7,19H,8-10H2,1H3,(H,20,21). The zero-order chi connectivity index (χ0) is 17.5. The molecule has 24 heavy (non-hydrogen) atoms. The molecular formula is C17H17NO6. The summed E-state index contributed by atoms with van der Waals surface area (Å²) in [5, 5.41) is 18.7. The SMILES string of the molecule is COC(=O)c1cccc(COc2cccc(O)c2CCC(=O)O)n1. The van der Waals surface area contributed by atoms with Gasteiger partial charge in [0.15, 0.2) is 0 Å². The van der Waals surface area contributed by atoms with E-state index in [0.717, 1.165) is 0 Å². The molecule has 126 valence electrons. The van der Waals surface area contributed by atoms with Crippen molar-refractivity contribution in [2.75, 3.05) is 7.11 Å². The smallest absolute Gasteiger partial charge is 0.356 e. The highest BCUT2D eigenvalue weighted by atomic mass is 16.5. The lowest BCUT2D eigenvalue weighted by molar-refractivity contribution is -0.136. The van der Waals surface area contributed by atoms with Crippen molar-refractivity contribution in [2.24, 2.45) is 0 Å². The van der Waals surface area contributed by atoms with Gasteiger partial charge in [-0.05, 0) is 30.7 Å². The highest BCUT2D eigenvalue weighted by Crippen LogP contribution is 2.29. The van der Waals surface area contributed by atoms with Gasteiger partial charge in [0, 0.05) is 12.0 Å². The zero-order valence-corrected chi connectivity index (χ0v) is 13.1. The van der Waals surface area contributed by atoms with Crippen LogP contribution < -0.4 is 4.74 Å². The molecule has 0 bridgehead atoms. The molecule has 7 nitrogen and oxygen atoms in total. The van der Waals surface area contributed by atoms with Crippen molar-refractivity contribution in [3.05, 3.63) is 53.3 Å². The number of phenols is 1. The Kier molecular flexibility index (Phi) is 5.73. The number of carbonyl (C=O) groups is 2. The lowest BCUT2D eigenvalue weighted by Gasteiger charge is -2.12. The molecule has 1 aromatic carbocycles. The topological polar surface area (TPSA) is 106 Å². The highest BCUT2D eigenvalue weighted by Gasteiger charge is 2.12. The van der Waals surface area contributed by atoms with Crippen LogP contribution in [0.2, 0.25) is 0 Å². The average Bonchev–Trinajstić information content (AvgIpc) is 2.58. The number of aromatic hydroxyl groups is 1. The Morgan fingerprint density at radius 3 is 2.62 bits per heavy atom. The lowest BCUT2D eigenvalue weighted by Crippen LogP contribution is -2.08. The number of carbonyl (C=O) groups excluding carboxylic acids is 1. The van der Waals surface area contributed by atoms with Crippen LogP contribution in [-0.4, -0.2) is 34.2 Å². The molecule has 0 saturated heterocycles. The third kappa shape index (κ3) is 4.45. The summed E-state index contributed by atoms with van der Waals surface area (Å²) < 4.78 is 10.2. The van der Waals surface area contributed by atoms with Gasteiger partial charge in [-0.15, -0.1) is 0 Å². The third-order valence-corrected chi connectivity index (χ3v) is 3.27. The molecule has 2 N–H and O–H groups in total. The Hall–Kier alpha value is -3.09. The maximum Gasteiger partial charge on any atom is 0.356 e. The van der Waals surface area contributed by atoms with Gasteiger partial charge in [-0.2, -0.15) is 0 Å². The molecule has 0 saturated carbocycles. The van der Waals surface area contributed by atoms with Gasteiger partial charge in [-0.3, -0.25) is 4.79 Å². The molecule has 0 aliphatic carbocycles. The van der Waals surface area contributed by atoms with Crippen LogP contribution in [0.4, 0.5) is 0 Å². The molecule has 0 aliphatic heterocycles. The number of aromatic nitrogens is 1. The van der Waals surface area contributed by atoms with E-state index in [-0.39, 0.29) is 30.9 Å². The molecule has 7 heteroatoms. The first kappa shape index (κ1) is 17.3. The van der Waals surface area contributed by atoms with Gasteiger partial charge in [-0.1, -0.05) is 12.1 Å². The Bertz CT molecular complexity index is 744. The molecule has 2 aromatic rings. The van der Waals surface area contributed by atoms with E-state index in [1.807, 2.05) is 0 Å². The van der Waals surface area contributed by atoms with E-state index in [0.29, 0.717) is 17.0 Å². The predicted octanol–water partition coefficient (Wildman–Crippen LogP) is 2.17. The summed E-state index contributed by atoms with van der Waals surface area (Å²) >= 11 is 0. The van der Waals surface area contributed by atoms with Gasteiger partial charge >= 0.3 is 11.9 Å². The Morgan fingerprint density at radius 2 is 1.92 bits per heavy atom. The first-order valence-electron chi connectivity index (χ1n) is 7.21. The van der Waals surface area contributed by atoms with Gasteiger partial charge in [0.2, 0.25) is 0 Å². The molecular weight excluding hydrogens is 314 g/mol. The van der Waals surface area contributed by atoms with Crippen LogP contribution in [0.1, 0.15) is 28.2 Å². The minimum Gasteiger partial charge on any atom is -0.508 e. The summed E-state index contributed by atoms with van der Waals surface area (Å²) in [6, 6.07) is 9.59. The summed E-state index contributed by atoms with van der Waals surface area (Å²) in [6.07, 6.45) is 0.0248. The van der Waals surface area contributed by atoms with E-state index < -0.39 is 11.9 Å². The maximum absolute atomic E-state index is 11.5. The second kappa shape index (κ2) is 7.96. The molecule has 0 fully saturated rings. The van der Waals surface area contributed by atoms with Crippen molar-refractivity contribution in [1.29, 1.82) is 0 Å². The number of carboxylic acids is 1. The van der Waals surface area contributed by atoms with Crippen LogP contribution >= 0.6 is 0 Å². The molecule has 0 aliphatic rings. The Labute approximate surface area is 138 Å². The largest absolute Gasteiger partial charge is 0.508 e. The number of phenolic OH excluding ortho intramolecular Hbond substituents is 1.